The van der Waals surface area contributed by atoms with Crippen LogP contribution in [0.25, 0.3) is 0 Å². The number of aromatic hydroxyl groups is 1. The maximum atomic E-state index is 14.2. The molecule has 0 saturated carbocycles. The Morgan fingerprint density at radius 1 is 0.735 bits per heavy atom. The second-order valence-electron chi connectivity index (χ2n) is 20.1. The van der Waals surface area contributed by atoms with Gasteiger partial charge < -0.3 is 14.6 Å². The number of esters is 2. The number of carbonyl (C=O) groups excluding carboxylic acids is 2. The Balaban J connectivity index is 1.96. The SMILES string of the molecule is CCC(Cc1cc(C(C)(C)C)c(O)c(C(C)(C)C)c1)CC(C(=O)OC1CC(C)(C)N(C)C(C)(C)C1)C(=O)OC1CC(C)(C)N(C)C(C)(C)C1. The van der Waals surface area contributed by atoms with Crippen LogP contribution in [0.4, 0.5) is 0 Å². The minimum Gasteiger partial charge on any atom is -0.507 e. The fraction of sp³-hybridized carbons (Fsp3) is 0.810. The normalized spacial score (nSPS) is 22.6. The molecule has 1 atom stereocenters. The number of phenols is 1. The molecular formula is C42H72N2O5. The van der Waals surface area contributed by atoms with Gasteiger partial charge >= 0.3 is 11.9 Å². The summed E-state index contributed by atoms with van der Waals surface area (Å²) in [5.74, 6) is -1.55. The van der Waals surface area contributed by atoms with Crippen LogP contribution < -0.4 is 0 Å². The van der Waals surface area contributed by atoms with Crippen LogP contribution in [0, 0.1) is 11.8 Å². The number of piperidine rings is 2. The molecule has 49 heavy (non-hydrogen) atoms. The molecule has 0 radical (unpaired) electrons. The summed E-state index contributed by atoms with van der Waals surface area (Å²) in [6, 6.07) is 4.23. The molecule has 2 aliphatic heterocycles. The predicted octanol–water partition coefficient (Wildman–Crippen LogP) is 8.95. The number of ether oxygens (including phenoxy) is 2. The van der Waals surface area contributed by atoms with Gasteiger partial charge in [0.05, 0.1) is 0 Å². The largest absolute Gasteiger partial charge is 0.507 e. The highest BCUT2D eigenvalue weighted by molar-refractivity contribution is 5.95. The summed E-state index contributed by atoms with van der Waals surface area (Å²) >= 11 is 0. The Hall–Kier alpha value is -2.12. The molecule has 280 valence electrons. The van der Waals surface area contributed by atoms with E-state index in [9.17, 15) is 14.7 Å². The van der Waals surface area contributed by atoms with Gasteiger partial charge in [-0.3, -0.25) is 19.4 Å². The molecule has 1 aromatic rings. The van der Waals surface area contributed by atoms with E-state index < -0.39 is 17.9 Å². The topological polar surface area (TPSA) is 79.3 Å². The molecule has 0 spiro atoms. The first kappa shape index (κ1) is 41.3. The molecule has 2 heterocycles. The zero-order chi connectivity index (χ0) is 37.7. The lowest BCUT2D eigenvalue weighted by Crippen LogP contribution is -2.61. The quantitative estimate of drug-likeness (QED) is 0.206. The van der Waals surface area contributed by atoms with Gasteiger partial charge in [0.15, 0.2) is 5.92 Å². The zero-order valence-electron chi connectivity index (χ0n) is 34.4. The Kier molecular flexibility index (Phi) is 11.9. The van der Waals surface area contributed by atoms with Crippen molar-refractivity contribution in [3.05, 3.63) is 28.8 Å². The Labute approximate surface area is 299 Å². The van der Waals surface area contributed by atoms with E-state index in [0.29, 0.717) is 44.3 Å². The molecule has 2 aliphatic rings. The number of nitrogens with zero attached hydrogens (tertiary/aromatic N) is 2. The maximum absolute atomic E-state index is 14.2. The van der Waals surface area contributed by atoms with Gasteiger partial charge in [-0.2, -0.15) is 0 Å². The van der Waals surface area contributed by atoms with Gasteiger partial charge in [0.2, 0.25) is 0 Å². The van der Waals surface area contributed by atoms with Gasteiger partial charge in [0.1, 0.15) is 18.0 Å². The first-order chi connectivity index (χ1) is 22.0. The van der Waals surface area contributed by atoms with E-state index in [0.717, 1.165) is 23.1 Å². The summed E-state index contributed by atoms with van der Waals surface area (Å²) in [6.07, 6.45) is 4.06. The van der Waals surface area contributed by atoms with Crippen LogP contribution in [0.15, 0.2) is 12.1 Å². The average molecular weight is 685 g/mol. The van der Waals surface area contributed by atoms with Crippen molar-refractivity contribution in [2.45, 2.75) is 194 Å². The zero-order valence-corrected chi connectivity index (χ0v) is 34.4. The molecule has 0 aromatic heterocycles. The van der Waals surface area contributed by atoms with Gasteiger partial charge in [0.25, 0.3) is 0 Å². The minimum atomic E-state index is -1.01. The summed E-state index contributed by atoms with van der Waals surface area (Å²) in [6.45, 7) is 32.3. The molecule has 2 fully saturated rings. The number of carbonyl (C=O) groups is 2. The van der Waals surface area contributed by atoms with E-state index in [1.165, 1.54) is 0 Å². The van der Waals surface area contributed by atoms with Crippen LogP contribution in [-0.4, -0.2) is 75.3 Å². The van der Waals surface area contributed by atoms with E-state index >= 15 is 0 Å². The lowest BCUT2D eigenvalue weighted by atomic mass is 9.77. The molecule has 7 heteroatoms. The Morgan fingerprint density at radius 2 is 1.06 bits per heavy atom. The maximum Gasteiger partial charge on any atom is 0.320 e. The van der Waals surface area contributed by atoms with Crippen LogP contribution in [0.1, 0.15) is 159 Å². The van der Waals surface area contributed by atoms with Crippen LogP contribution in [0.3, 0.4) is 0 Å². The molecule has 0 aliphatic carbocycles. The average Bonchev–Trinajstić information content (AvgIpc) is 2.91. The molecule has 0 bridgehead atoms. The van der Waals surface area contributed by atoms with E-state index in [4.69, 9.17) is 9.47 Å². The lowest BCUT2D eigenvalue weighted by Gasteiger charge is -2.53. The molecule has 1 N–H and O–H groups in total. The molecule has 0 amide bonds. The molecule has 3 rings (SSSR count). The number of benzene rings is 1. The highest BCUT2D eigenvalue weighted by Gasteiger charge is 2.48. The van der Waals surface area contributed by atoms with Crippen molar-refractivity contribution < 1.29 is 24.2 Å². The van der Waals surface area contributed by atoms with Gasteiger partial charge in [0, 0.05) is 47.8 Å². The molecular weight excluding hydrogens is 612 g/mol. The second-order valence-corrected chi connectivity index (χ2v) is 20.1. The molecule has 7 nitrogen and oxygen atoms in total. The lowest BCUT2D eigenvalue weighted by molar-refractivity contribution is -0.178. The van der Waals surface area contributed by atoms with E-state index in [2.05, 4.69) is 140 Å². The van der Waals surface area contributed by atoms with Crippen molar-refractivity contribution in [2.75, 3.05) is 14.1 Å². The highest BCUT2D eigenvalue weighted by atomic mass is 16.6. The number of likely N-dealkylation sites (tertiary alicyclic amines) is 2. The van der Waals surface area contributed by atoms with Gasteiger partial charge in [-0.1, -0.05) is 67.0 Å². The van der Waals surface area contributed by atoms with Crippen molar-refractivity contribution in [2.24, 2.45) is 11.8 Å². The Morgan fingerprint density at radius 3 is 1.35 bits per heavy atom. The smallest absolute Gasteiger partial charge is 0.320 e. The van der Waals surface area contributed by atoms with Gasteiger partial charge in [-0.15, -0.1) is 0 Å². The minimum absolute atomic E-state index is 0.0334. The first-order valence-electron chi connectivity index (χ1n) is 18.8. The van der Waals surface area contributed by atoms with Crippen LogP contribution in [-0.2, 0) is 36.3 Å². The van der Waals surface area contributed by atoms with E-state index in [1.54, 1.807) is 0 Å². The third-order valence-electron chi connectivity index (χ3n) is 12.1. The summed E-state index contributed by atoms with van der Waals surface area (Å²) in [7, 11) is 4.27. The van der Waals surface area contributed by atoms with Gasteiger partial charge in [-0.05, 0) is 116 Å². The van der Waals surface area contributed by atoms with E-state index in [-0.39, 0.29) is 51.1 Å². The fourth-order valence-corrected chi connectivity index (χ4v) is 8.52. The van der Waals surface area contributed by atoms with Crippen molar-refractivity contribution in [3.63, 3.8) is 0 Å². The number of hydrogen-bond acceptors (Lipinski definition) is 7. The summed E-state index contributed by atoms with van der Waals surface area (Å²) in [5, 5.41) is 11.3. The van der Waals surface area contributed by atoms with E-state index in [1.807, 2.05) is 0 Å². The first-order valence-corrected chi connectivity index (χ1v) is 18.8. The molecule has 2 saturated heterocycles. The highest BCUT2D eigenvalue weighted by Crippen LogP contribution is 2.42. The predicted molar refractivity (Wildman–Crippen MR) is 201 cm³/mol. The Bertz CT molecular complexity index is 1220. The van der Waals surface area contributed by atoms with Crippen LogP contribution >= 0.6 is 0 Å². The number of phenolic OH excluding ortho intramolecular Hbond substituents is 1. The number of rotatable bonds is 9. The van der Waals surface area contributed by atoms with Gasteiger partial charge in [-0.25, -0.2) is 0 Å². The summed E-state index contributed by atoms with van der Waals surface area (Å²) < 4.78 is 12.6. The standard InChI is InChI=1S/C42H72N2O5/c1-18-27(19-28-21-32(37(2,3)4)34(45)33(22-28)38(5,6)7)20-31(35(46)48-29-23-39(8,9)43(16)40(10,11)24-29)36(47)49-30-25-41(12,13)44(17)42(14,15)26-30/h21-22,27,29-31,45H,18-20,23-26H2,1-17H3. The van der Waals surface area contributed by atoms with Crippen LogP contribution in [0.5, 0.6) is 5.75 Å². The second kappa shape index (κ2) is 14.1. The molecule has 1 unspecified atom stereocenters. The summed E-state index contributed by atoms with van der Waals surface area (Å²) in [5.41, 5.74) is 1.82. The van der Waals surface area contributed by atoms with Crippen molar-refractivity contribution in [1.82, 2.24) is 9.80 Å². The van der Waals surface area contributed by atoms with Crippen molar-refractivity contribution >= 4 is 11.9 Å². The van der Waals surface area contributed by atoms with Crippen molar-refractivity contribution in [1.29, 1.82) is 0 Å². The monoisotopic (exact) mass is 685 g/mol. The number of hydrogen-bond donors (Lipinski definition) is 1. The molecule has 1 aromatic carbocycles. The third kappa shape index (κ3) is 9.61. The van der Waals surface area contributed by atoms with Crippen molar-refractivity contribution in [3.8, 4) is 5.75 Å². The fourth-order valence-electron chi connectivity index (χ4n) is 8.52. The third-order valence-corrected chi connectivity index (χ3v) is 12.1. The van der Waals surface area contributed by atoms with Crippen LogP contribution in [0.2, 0.25) is 0 Å². The summed E-state index contributed by atoms with van der Waals surface area (Å²) in [4.78, 5) is 33.2.